The molecule has 326 valence electrons. The molecule has 7 aromatic rings. The van der Waals surface area contributed by atoms with Crippen molar-refractivity contribution in [3.63, 3.8) is 0 Å². The van der Waals surface area contributed by atoms with Crippen LogP contribution in [0.4, 0.5) is 45.5 Å². The second kappa shape index (κ2) is 18.3. The van der Waals surface area contributed by atoms with E-state index in [2.05, 4.69) is 164 Å². The molecule has 0 radical (unpaired) electrons. The highest BCUT2D eigenvalue weighted by Gasteiger charge is 2.23. The molecular formula is C52H57N5O4S2. The number of hydrogen-bond acceptors (Lipinski definition) is 7. The Balaban J connectivity index is 1.29. The molecule has 0 aliphatic carbocycles. The summed E-state index contributed by atoms with van der Waals surface area (Å²) < 4.78 is 47.2. The Morgan fingerprint density at radius 2 is 1.06 bits per heavy atom. The second-order valence-electron chi connectivity index (χ2n) is 16.8. The van der Waals surface area contributed by atoms with Gasteiger partial charge < -0.3 is 25.0 Å². The van der Waals surface area contributed by atoms with E-state index in [1.54, 1.807) is 0 Å². The molecule has 0 heterocycles. The SMILES string of the molecule is Cc1cc(C)c(Nc2ccc(C(c3ccc(N(C)c4c(C)cc(NCS(=O)O)cc4C)cc3)c3ccc(N(C)c4c(C)cc(NS(C)(=O)=O)cc4C)cc3)c3ccccc23)c(C)c1. The third-order valence-corrected chi connectivity index (χ3v) is 12.8. The molecule has 2 atom stereocenters. The van der Waals surface area contributed by atoms with Crippen LogP contribution >= 0.6 is 0 Å². The zero-order valence-corrected chi connectivity index (χ0v) is 39.3. The third-order valence-electron chi connectivity index (χ3n) is 11.8. The lowest BCUT2D eigenvalue weighted by Gasteiger charge is -2.27. The van der Waals surface area contributed by atoms with Gasteiger partial charge in [0.1, 0.15) is 5.88 Å². The van der Waals surface area contributed by atoms with Crippen LogP contribution in [-0.2, 0) is 21.1 Å². The molecule has 0 aromatic heterocycles. The van der Waals surface area contributed by atoms with Crippen LogP contribution in [0.1, 0.15) is 61.6 Å². The van der Waals surface area contributed by atoms with Crippen molar-refractivity contribution in [2.75, 3.05) is 51.4 Å². The molecule has 2 unspecified atom stereocenters. The second-order valence-corrected chi connectivity index (χ2v) is 19.5. The molecule has 0 bridgehead atoms. The number of sulfonamides is 1. The fraction of sp³-hybridized carbons (Fsp3) is 0.231. The first-order valence-corrected chi connectivity index (χ1v) is 24.1. The van der Waals surface area contributed by atoms with Crippen molar-refractivity contribution in [1.29, 1.82) is 0 Å². The molecule has 0 aliphatic heterocycles. The summed E-state index contributed by atoms with van der Waals surface area (Å²) in [4.78, 5) is 4.35. The topological polar surface area (TPSA) is 114 Å². The fourth-order valence-corrected chi connectivity index (χ4v) is 10.1. The van der Waals surface area contributed by atoms with E-state index in [0.717, 1.165) is 90.2 Å². The Bertz CT molecular complexity index is 2900. The molecule has 7 aromatic carbocycles. The van der Waals surface area contributed by atoms with Gasteiger partial charge in [-0.25, -0.2) is 12.6 Å². The predicted molar refractivity (Wildman–Crippen MR) is 267 cm³/mol. The van der Waals surface area contributed by atoms with Crippen molar-refractivity contribution in [3.05, 3.63) is 177 Å². The maximum Gasteiger partial charge on any atom is 0.229 e. The minimum atomic E-state index is -3.41. The fourth-order valence-electron chi connectivity index (χ4n) is 9.28. The van der Waals surface area contributed by atoms with Crippen LogP contribution in [0.15, 0.2) is 121 Å². The molecule has 0 spiro atoms. The largest absolute Gasteiger partial charge is 0.372 e. The summed E-state index contributed by atoms with van der Waals surface area (Å²) >= 11 is -1.94. The van der Waals surface area contributed by atoms with Gasteiger partial charge in [0.2, 0.25) is 10.0 Å². The van der Waals surface area contributed by atoms with Gasteiger partial charge in [-0.05, 0) is 159 Å². The van der Waals surface area contributed by atoms with Gasteiger partial charge in [0.05, 0.1) is 6.26 Å². The minimum absolute atomic E-state index is 0.0310. The van der Waals surface area contributed by atoms with Gasteiger partial charge in [0, 0.05) is 70.9 Å². The van der Waals surface area contributed by atoms with E-state index in [-0.39, 0.29) is 11.8 Å². The zero-order valence-electron chi connectivity index (χ0n) is 37.7. The lowest BCUT2D eigenvalue weighted by molar-refractivity contribution is 0.566. The average Bonchev–Trinajstić information content (AvgIpc) is 3.21. The third kappa shape index (κ3) is 9.91. The van der Waals surface area contributed by atoms with E-state index >= 15 is 0 Å². The summed E-state index contributed by atoms with van der Waals surface area (Å²) in [5.41, 5.74) is 18.8. The highest BCUT2D eigenvalue weighted by atomic mass is 32.2. The Morgan fingerprint density at radius 3 is 1.52 bits per heavy atom. The molecular weight excluding hydrogens is 823 g/mol. The molecule has 0 fully saturated rings. The van der Waals surface area contributed by atoms with Crippen LogP contribution in [0.3, 0.4) is 0 Å². The van der Waals surface area contributed by atoms with Crippen LogP contribution in [0, 0.1) is 48.5 Å². The highest BCUT2D eigenvalue weighted by Crippen LogP contribution is 2.42. The first-order valence-electron chi connectivity index (χ1n) is 20.9. The smallest absolute Gasteiger partial charge is 0.229 e. The summed E-state index contributed by atoms with van der Waals surface area (Å²) in [6.45, 7) is 14.6. The number of nitrogens with one attached hydrogen (secondary N) is 3. The van der Waals surface area contributed by atoms with Gasteiger partial charge >= 0.3 is 0 Å². The van der Waals surface area contributed by atoms with Crippen molar-refractivity contribution >= 4 is 77.4 Å². The molecule has 11 heteroatoms. The summed E-state index contributed by atoms with van der Waals surface area (Å²) in [7, 11) is 0.711. The maximum absolute atomic E-state index is 12.0. The van der Waals surface area contributed by atoms with E-state index in [9.17, 15) is 17.2 Å². The van der Waals surface area contributed by atoms with Crippen molar-refractivity contribution < 1.29 is 17.2 Å². The van der Waals surface area contributed by atoms with Crippen LogP contribution in [0.5, 0.6) is 0 Å². The predicted octanol–water partition coefficient (Wildman–Crippen LogP) is 12.4. The van der Waals surface area contributed by atoms with Crippen LogP contribution < -0.4 is 25.2 Å². The Hall–Kier alpha value is -6.14. The van der Waals surface area contributed by atoms with E-state index in [1.807, 2.05) is 45.2 Å². The molecule has 4 N–H and O–H groups in total. The van der Waals surface area contributed by atoms with E-state index in [1.165, 1.54) is 22.3 Å². The lowest BCUT2D eigenvalue weighted by Crippen LogP contribution is -2.15. The average molecular weight is 880 g/mol. The number of anilines is 8. The van der Waals surface area contributed by atoms with Crippen LogP contribution in [0.25, 0.3) is 10.8 Å². The van der Waals surface area contributed by atoms with E-state index < -0.39 is 21.1 Å². The maximum atomic E-state index is 12.0. The van der Waals surface area contributed by atoms with Crippen molar-refractivity contribution in [2.24, 2.45) is 0 Å². The van der Waals surface area contributed by atoms with Gasteiger partial charge in [-0.1, -0.05) is 72.3 Å². The van der Waals surface area contributed by atoms with Gasteiger partial charge in [-0.2, -0.15) is 0 Å². The molecule has 0 saturated heterocycles. The monoisotopic (exact) mass is 879 g/mol. The van der Waals surface area contributed by atoms with E-state index in [0.29, 0.717) is 5.69 Å². The minimum Gasteiger partial charge on any atom is -0.372 e. The standard InChI is InChI=1S/C52H57N5O4S2/c1-32-25-33(2)50(34(3)26-32)54-48-24-23-47(45-13-11-12-14-46(45)48)49(39-15-19-43(20-16-39)56(8)51-35(4)27-41(28-36(51)5)53-31-62(58)59)40-17-21-44(22-18-40)57(9)52-37(6)29-42(30-38(52)7)55-63(10,60)61/h11-30,49,53-55H,31H2,1-10H3,(H,58,59). The first kappa shape index (κ1) is 44.9. The molecule has 7 rings (SSSR count). The number of nitrogens with zero attached hydrogens (tertiary/aromatic N) is 2. The lowest BCUT2D eigenvalue weighted by atomic mass is 9.82. The van der Waals surface area contributed by atoms with Crippen molar-refractivity contribution in [2.45, 2.75) is 54.4 Å². The van der Waals surface area contributed by atoms with Gasteiger partial charge in [0.15, 0.2) is 11.1 Å². The van der Waals surface area contributed by atoms with Gasteiger partial charge in [-0.3, -0.25) is 4.72 Å². The van der Waals surface area contributed by atoms with Crippen LogP contribution in [0.2, 0.25) is 0 Å². The number of benzene rings is 7. The summed E-state index contributed by atoms with van der Waals surface area (Å²) in [5.74, 6) is -0.141. The number of hydrogen-bond donors (Lipinski definition) is 4. The first-order chi connectivity index (χ1) is 29.9. The molecule has 63 heavy (non-hydrogen) atoms. The molecule has 0 aliphatic rings. The van der Waals surface area contributed by atoms with Gasteiger partial charge in [-0.15, -0.1) is 0 Å². The summed E-state index contributed by atoms with van der Waals surface area (Å²) in [6, 6.07) is 42.9. The Labute approximate surface area is 375 Å². The zero-order chi connectivity index (χ0) is 45.3. The van der Waals surface area contributed by atoms with Crippen LogP contribution in [-0.4, -0.2) is 43.4 Å². The summed E-state index contributed by atoms with van der Waals surface area (Å²) in [5, 5.41) is 9.16. The quantitative estimate of drug-likeness (QED) is 0.0631. The Morgan fingerprint density at radius 1 is 0.603 bits per heavy atom. The van der Waals surface area contributed by atoms with Crippen molar-refractivity contribution in [3.8, 4) is 0 Å². The number of fused-ring (bicyclic) bond motifs is 1. The van der Waals surface area contributed by atoms with E-state index in [4.69, 9.17) is 0 Å². The molecule has 0 saturated carbocycles. The molecule has 0 amide bonds. The number of rotatable bonds is 14. The summed E-state index contributed by atoms with van der Waals surface area (Å²) in [6.07, 6.45) is 1.16. The number of aryl methyl sites for hydroxylation is 7. The van der Waals surface area contributed by atoms with Crippen molar-refractivity contribution in [1.82, 2.24) is 0 Å². The Kier molecular flexibility index (Phi) is 13.0. The van der Waals surface area contributed by atoms with Gasteiger partial charge in [0.25, 0.3) is 0 Å². The normalized spacial score (nSPS) is 12.5. The highest BCUT2D eigenvalue weighted by molar-refractivity contribution is 7.92. The molecule has 9 nitrogen and oxygen atoms in total.